The number of nitro groups is 1. The molecule has 2 N–H and O–H groups in total. The average molecular weight is 682 g/mol. The van der Waals surface area contributed by atoms with Gasteiger partial charge in [-0.3, -0.25) is 10.1 Å². The molecular formula is C28H42N4O4S2Sn. The molecule has 1 aromatic carbocycles. The van der Waals surface area contributed by atoms with Crippen LogP contribution < -0.4 is 8.63 Å². The number of aromatic nitrogens is 2. The SMILES string of the molecule is CCC[CH2][Sn]([CH2]CCC)([CH2]CCC)[c]1cn2cnc(SCCC(N)C(=O)OCc3ccc([N+](=O)[O-])cc3)c2s1. The molecule has 0 saturated heterocycles. The van der Waals surface area contributed by atoms with E-state index in [-0.39, 0.29) is 12.3 Å². The number of carbonyl (C=O) groups excluding carboxylic acids is 1. The van der Waals surface area contributed by atoms with Crippen LogP contribution in [0.15, 0.2) is 41.8 Å². The number of benzene rings is 1. The van der Waals surface area contributed by atoms with Crippen LogP contribution in [0.1, 0.15) is 71.3 Å². The zero-order valence-electron chi connectivity index (χ0n) is 23.4. The molecule has 3 rings (SSSR count). The number of fused-ring (bicyclic) bond motifs is 1. The first-order chi connectivity index (χ1) is 18.8. The van der Waals surface area contributed by atoms with Crippen LogP contribution in [0.2, 0.25) is 13.3 Å². The van der Waals surface area contributed by atoms with Crippen molar-refractivity contribution in [2.45, 2.75) is 96.7 Å². The number of unbranched alkanes of at least 4 members (excludes halogenated alkanes) is 3. The molecule has 214 valence electrons. The monoisotopic (exact) mass is 682 g/mol. The van der Waals surface area contributed by atoms with Crippen molar-refractivity contribution in [3.63, 3.8) is 0 Å². The van der Waals surface area contributed by atoms with E-state index in [1.165, 1.54) is 68.8 Å². The van der Waals surface area contributed by atoms with E-state index in [2.05, 4.69) is 36.4 Å². The number of thiazole rings is 1. The molecular weight excluding hydrogens is 639 g/mol. The summed E-state index contributed by atoms with van der Waals surface area (Å²) in [5.41, 5.74) is 6.79. The Morgan fingerprint density at radius 1 is 1.13 bits per heavy atom. The van der Waals surface area contributed by atoms with Crippen molar-refractivity contribution in [2.75, 3.05) is 5.75 Å². The van der Waals surface area contributed by atoms with Crippen molar-refractivity contribution in [2.24, 2.45) is 5.73 Å². The molecule has 1 atom stereocenters. The molecule has 3 aromatic rings. The van der Waals surface area contributed by atoms with Gasteiger partial charge >= 0.3 is 200 Å². The number of imidazole rings is 1. The maximum atomic E-state index is 12.4. The first kappa shape index (κ1) is 31.9. The second-order valence-electron chi connectivity index (χ2n) is 10.2. The summed E-state index contributed by atoms with van der Waals surface area (Å²) in [5, 5.41) is 11.8. The Labute approximate surface area is 244 Å². The van der Waals surface area contributed by atoms with Crippen LogP contribution >= 0.6 is 23.1 Å². The van der Waals surface area contributed by atoms with Gasteiger partial charge in [-0.25, -0.2) is 0 Å². The summed E-state index contributed by atoms with van der Waals surface area (Å²) in [6.45, 7) is 6.97. The normalized spacial score (nSPS) is 12.6. The third kappa shape index (κ3) is 8.93. The summed E-state index contributed by atoms with van der Waals surface area (Å²) in [7, 11) is 0. The fraction of sp³-hybridized carbons (Fsp3) is 0.571. The van der Waals surface area contributed by atoms with Crippen molar-refractivity contribution in [3.05, 3.63) is 52.5 Å². The summed E-state index contributed by atoms with van der Waals surface area (Å²) in [6.07, 6.45) is 12.6. The molecule has 39 heavy (non-hydrogen) atoms. The molecule has 0 aliphatic rings. The zero-order chi connectivity index (χ0) is 28.3. The summed E-state index contributed by atoms with van der Waals surface area (Å²) in [5.74, 6) is 0.202. The number of nitrogens with two attached hydrogens (primary N) is 1. The van der Waals surface area contributed by atoms with Gasteiger partial charge in [-0.05, 0) is 12.1 Å². The van der Waals surface area contributed by atoms with Gasteiger partial charge < -0.3 is 0 Å². The van der Waals surface area contributed by atoms with Gasteiger partial charge in [-0.1, -0.05) is 0 Å². The Kier molecular flexibility index (Phi) is 13.1. The number of rotatable bonds is 18. The van der Waals surface area contributed by atoms with Crippen LogP contribution in [0.5, 0.6) is 0 Å². The Morgan fingerprint density at radius 2 is 1.74 bits per heavy atom. The molecule has 8 nitrogen and oxygen atoms in total. The molecule has 2 heterocycles. The van der Waals surface area contributed by atoms with E-state index in [0.29, 0.717) is 17.7 Å². The fourth-order valence-corrected chi connectivity index (χ4v) is 25.9. The second kappa shape index (κ2) is 16.0. The van der Waals surface area contributed by atoms with Crippen molar-refractivity contribution < 1.29 is 14.5 Å². The molecule has 0 saturated carbocycles. The molecule has 0 radical (unpaired) electrons. The topological polar surface area (TPSA) is 113 Å². The number of esters is 1. The number of nitrogens with zero attached hydrogens (tertiary/aromatic N) is 3. The van der Waals surface area contributed by atoms with E-state index in [0.717, 1.165) is 5.03 Å². The summed E-state index contributed by atoms with van der Waals surface area (Å²) >= 11 is 1.13. The summed E-state index contributed by atoms with van der Waals surface area (Å²) in [4.78, 5) is 28.6. The molecule has 0 bridgehead atoms. The molecule has 0 fully saturated rings. The van der Waals surface area contributed by atoms with E-state index < -0.39 is 35.3 Å². The number of ether oxygens (including phenoxy) is 1. The van der Waals surface area contributed by atoms with Crippen molar-refractivity contribution in [1.82, 2.24) is 9.38 Å². The predicted octanol–water partition coefficient (Wildman–Crippen LogP) is 6.91. The van der Waals surface area contributed by atoms with Gasteiger partial charge in [-0.15, -0.1) is 0 Å². The van der Waals surface area contributed by atoms with E-state index in [4.69, 9.17) is 10.5 Å². The maximum absolute atomic E-state index is 12.4. The van der Waals surface area contributed by atoms with E-state index in [9.17, 15) is 14.9 Å². The average Bonchev–Trinajstić information content (AvgIpc) is 3.54. The third-order valence-corrected chi connectivity index (χ3v) is 27.6. The van der Waals surface area contributed by atoms with Gasteiger partial charge in [0.15, 0.2) is 0 Å². The van der Waals surface area contributed by atoms with Gasteiger partial charge in [-0.2, -0.15) is 0 Å². The third-order valence-electron chi connectivity index (χ3n) is 7.23. The second-order valence-corrected chi connectivity index (χ2v) is 26.5. The van der Waals surface area contributed by atoms with Gasteiger partial charge in [0.25, 0.3) is 5.69 Å². The number of hydrogen-bond donors (Lipinski definition) is 1. The minimum absolute atomic E-state index is 0.00201. The Hall–Kier alpha value is -1.63. The van der Waals surface area contributed by atoms with Crippen LogP contribution in [0.4, 0.5) is 5.69 Å². The number of carbonyl (C=O) groups is 1. The number of nitro benzene ring substituents is 1. The molecule has 0 aliphatic heterocycles. The summed E-state index contributed by atoms with van der Waals surface area (Å²) < 4.78 is 13.6. The van der Waals surface area contributed by atoms with Crippen LogP contribution in [0.3, 0.4) is 0 Å². The van der Waals surface area contributed by atoms with Gasteiger partial charge in [0.05, 0.1) is 4.92 Å². The quantitative estimate of drug-likeness (QED) is 0.0511. The van der Waals surface area contributed by atoms with Gasteiger partial charge in [0.2, 0.25) is 0 Å². The fourth-order valence-electron chi connectivity index (χ4n) is 4.79. The molecule has 2 aromatic heterocycles. The van der Waals surface area contributed by atoms with Crippen LogP contribution in [-0.2, 0) is 16.1 Å². The molecule has 0 amide bonds. The van der Waals surface area contributed by atoms with Crippen LogP contribution in [0.25, 0.3) is 4.83 Å². The predicted molar refractivity (Wildman–Crippen MR) is 164 cm³/mol. The molecule has 0 aliphatic carbocycles. The number of non-ortho nitro benzene ring substituents is 1. The Bertz CT molecular complexity index is 1180. The van der Waals surface area contributed by atoms with Gasteiger partial charge in [0.1, 0.15) is 0 Å². The van der Waals surface area contributed by atoms with Crippen molar-refractivity contribution in [3.8, 4) is 0 Å². The van der Waals surface area contributed by atoms with E-state index in [1.54, 1.807) is 26.8 Å². The number of hydrogen-bond acceptors (Lipinski definition) is 8. The van der Waals surface area contributed by atoms with Crippen LogP contribution in [0, 0.1) is 10.1 Å². The van der Waals surface area contributed by atoms with Crippen LogP contribution in [-0.4, -0.2) is 50.4 Å². The standard InChI is InChI=1S/C16H15N4O4S2.3C4H9.Sn/c17-13(5-7-25-14-15-19(10-18-14)6-8-26-15)16(21)24-9-11-1-3-12(4-2-11)20(22)23;3*1-3-4-2;/h1-4,6,10,13H,5,7,9,17H2;3*1,3-4H2,2H3;. The van der Waals surface area contributed by atoms with E-state index in [1.807, 2.05) is 17.7 Å². The summed E-state index contributed by atoms with van der Waals surface area (Å²) in [6, 6.07) is 5.22. The number of thioether (sulfide) groups is 1. The van der Waals surface area contributed by atoms with Gasteiger partial charge in [0, 0.05) is 12.1 Å². The van der Waals surface area contributed by atoms with E-state index >= 15 is 0 Å². The van der Waals surface area contributed by atoms with Crippen molar-refractivity contribution >= 4 is 60.9 Å². The van der Waals surface area contributed by atoms with Crippen molar-refractivity contribution in [1.29, 1.82) is 0 Å². The molecule has 1 unspecified atom stereocenters. The Balaban J connectivity index is 1.60. The minimum atomic E-state index is -2.49. The zero-order valence-corrected chi connectivity index (χ0v) is 27.9. The first-order valence-corrected chi connectivity index (χ1v) is 23.4. The Morgan fingerprint density at radius 3 is 2.31 bits per heavy atom. The molecule has 11 heteroatoms. The molecule has 0 spiro atoms. The first-order valence-electron chi connectivity index (χ1n) is 14.1.